The minimum Gasteiger partial charge on any atom is -0.497 e. The number of nitrogens with one attached hydrogen (secondary N) is 2. The SMILES string of the molecule is COCCCNC(=O)c1cc(Oc2ccc3c(c2)nc(Nc2cc(OC)cc(OC)c2)n3C)ccn1. The van der Waals surface area contributed by atoms with Gasteiger partial charge in [0, 0.05) is 69.5 Å². The molecule has 0 aliphatic heterocycles. The summed E-state index contributed by atoms with van der Waals surface area (Å²) in [5, 5.41) is 6.14. The minimum absolute atomic E-state index is 0.262. The molecule has 4 aromatic rings. The van der Waals surface area contributed by atoms with E-state index in [-0.39, 0.29) is 11.6 Å². The third-order valence-electron chi connectivity index (χ3n) is 5.47. The summed E-state index contributed by atoms with van der Waals surface area (Å²) in [6, 6.07) is 14.5. The van der Waals surface area contributed by atoms with Crippen molar-refractivity contribution in [3.63, 3.8) is 0 Å². The van der Waals surface area contributed by atoms with Gasteiger partial charge in [-0.15, -0.1) is 0 Å². The van der Waals surface area contributed by atoms with Crippen LogP contribution in [0.1, 0.15) is 16.9 Å². The first-order valence-corrected chi connectivity index (χ1v) is 11.4. The van der Waals surface area contributed by atoms with Gasteiger partial charge in [-0.1, -0.05) is 0 Å². The molecule has 0 bridgehead atoms. The van der Waals surface area contributed by atoms with E-state index in [1.165, 1.54) is 0 Å². The molecule has 0 saturated carbocycles. The highest BCUT2D eigenvalue weighted by atomic mass is 16.5. The molecule has 2 aromatic carbocycles. The standard InChI is InChI=1S/C26H29N5O5/c1-31-24-7-6-18(36-19-8-10-27-23(16-19)25(32)28-9-5-11-33-2)15-22(24)30-26(31)29-17-12-20(34-3)14-21(13-17)35-4/h6-8,10,12-16H,5,9,11H2,1-4H3,(H,28,32)(H,29,30). The van der Waals surface area contributed by atoms with Crippen LogP contribution < -0.4 is 24.8 Å². The molecule has 2 aromatic heterocycles. The summed E-state index contributed by atoms with van der Waals surface area (Å²) in [5.41, 5.74) is 2.73. The zero-order chi connectivity index (χ0) is 25.5. The maximum atomic E-state index is 12.4. The predicted molar refractivity (Wildman–Crippen MR) is 137 cm³/mol. The molecule has 0 spiro atoms. The summed E-state index contributed by atoms with van der Waals surface area (Å²) in [6.07, 6.45) is 2.27. The predicted octanol–water partition coefficient (Wildman–Crippen LogP) is 4.29. The highest BCUT2D eigenvalue weighted by Gasteiger charge is 2.12. The third-order valence-corrected chi connectivity index (χ3v) is 5.47. The molecule has 0 unspecified atom stereocenters. The van der Waals surface area contributed by atoms with Crippen LogP contribution in [0.4, 0.5) is 11.6 Å². The number of hydrogen-bond acceptors (Lipinski definition) is 8. The number of methoxy groups -OCH3 is 3. The fraction of sp³-hybridized carbons (Fsp3) is 0.269. The summed E-state index contributed by atoms with van der Waals surface area (Å²) in [7, 11) is 6.77. The zero-order valence-electron chi connectivity index (χ0n) is 20.7. The number of rotatable bonds is 11. The number of hydrogen-bond donors (Lipinski definition) is 2. The third kappa shape index (κ3) is 5.84. The Morgan fingerprint density at radius 3 is 2.42 bits per heavy atom. The van der Waals surface area contributed by atoms with Crippen LogP contribution in [0.25, 0.3) is 11.0 Å². The Hall–Kier alpha value is -4.31. The molecular formula is C26H29N5O5. The normalized spacial score (nSPS) is 10.8. The highest BCUT2D eigenvalue weighted by molar-refractivity contribution is 5.92. The van der Waals surface area contributed by atoms with Crippen molar-refractivity contribution in [1.82, 2.24) is 19.9 Å². The topological polar surface area (TPSA) is 109 Å². The molecule has 0 fully saturated rings. The van der Waals surface area contributed by atoms with E-state index < -0.39 is 0 Å². The van der Waals surface area contributed by atoms with Crippen molar-refractivity contribution in [3.05, 3.63) is 60.4 Å². The number of aromatic nitrogens is 3. The number of anilines is 2. The van der Waals surface area contributed by atoms with Crippen molar-refractivity contribution < 1.29 is 23.7 Å². The van der Waals surface area contributed by atoms with Gasteiger partial charge in [0.2, 0.25) is 5.95 Å². The van der Waals surface area contributed by atoms with Gasteiger partial charge in [-0.3, -0.25) is 9.78 Å². The van der Waals surface area contributed by atoms with Crippen molar-refractivity contribution in [2.45, 2.75) is 6.42 Å². The van der Waals surface area contributed by atoms with Gasteiger partial charge in [-0.2, -0.15) is 0 Å². The van der Waals surface area contributed by atoms with Crippen LogP contribution in [0.5, 0.6) is 23.0 Å². The van der Waals surface area contributed by atoms with Gasteiger partial charge in [0.05, 0.1) is 25.3 Å². The van der Waals surface area contributed by atoms with Crippen LogP contribution >= 0.6 is 0 Å². The van der Waals surface area contributed by atoms with Crippen molar-refractivity contribution in [2.75, 3.05) is 39.8 Å². The lowest BCUT2D eigenvalue weighted by Crippen LogP contribution is -2.26. The van der Waals surface area contributed by atoms with Crippen LogP contribution in [0, 0.1) is 0 Å². The number of carbonyl (C=O) groups excluding carboxylic acids is 1. The number of ether oxygens (including phenoxy) is 4. The van der Waals surface area contributed by atoms with Gasteiger partial charge in [0.25, 0.3) is 5.91 Å². The Bertz CT molecular complexity index is 1330. The van der Waals surface area contributed by atoms with E-state index in [9.17, 15) is 4.79 Å². The molecule has 0 radical (unpaired) electrons. The van der Waals surface area contributed by atoms with Crippen LogP contribution in [0.15, 0.2) is 54.7 Å². The summed E-state index contributed by atoms with van der Waals surface area (Å²) in [4.78, 5) is 21.2. The lowest BCUT2D eigenvalue weighted by molar-refractivity contribution is 0.0943. The first-order chi connectivity index (χ1) is 17.5. The molecule has 0 aliphatic rings. The maximum Gasteiger partial charge on any atom is 0.270 e. The zero-order valence-corrected chi connectivity index (χ0v) is 20.7. The number of amides is 1. The first-order valence-electron chi connectivity index (χ1n) is 11.4. The molecule has 1 amide bonds. The largest absolute Gasteiger partial charge is 0.497 e. The Morgan fingerprint density at radius 2 is 1.69 bits per heavy atom. The Labute approximate surface area is 209 Å². The van der Waals surface area contributed by atoms with Crippen molar-refractivity contribution in [1.29, 1.82) is 0 Å². The molecule has 0 aliphatic carbocycles. The van der Waals surface area contributed by atoms with Gasteiger partial charge in [-0.05, 0) is 24.6 Å². The average Bonchev–Trinajstić information content (AvgIpc) is 3.20. The Morgan fingerprint density at radius 1 is 0.944 bits per heavy atom. The van der Waals surface area contributed by atoms with E-state index in [2.05, 4.69) is 15.6 Å². The second-order valence-corrected chi connectivity index (χ2v) is 7.95. The second kappa shape index (κ2) is 11.4. The van der Waals surface area contributed by atoms with E-state index in [4.69, 9.17) is 23.9 Å². The monoisotopic (exact) mass is 491 g/mol. The second-order valence-electron chi connectivity index (χ2n) is 7.95. The van der Waals surface area contributed by atoms with E-state index in [0.29, 0.717) is 42.1 Å². The van der Waals surface area contributed by atoms with Gasteiger partial charge in [0.1, 0.15) is 28.7 Å². The molecular weight excluding hydrogens is 462 g/mol. The Balaban J connectivity index is 1.50. The molecule has 4 rings (SSSR count). The maximum absolute atomic E-state index is 12.4. The highest BCUT2D eigenvalue weighted by Crippen LogP contribution is 2.31. The number of benzene rings is 2. The molecule has 10 nitrogen and oxygen atoms in total. The van der Waals surface area contributed by atoms with Crippen molar-refractivity contribution >= 4 is 28.6 Å². The number of imidazole rings is 1. The summed E-state index contributed by atoms with van der Waals surface area (Å²) in [5.74, 6) is 2.82. The molecule has 188 valence electrons. The number of carbonyl (C=O) groups is 1. The summed E-state index contributed by atoms with van der Waals surface area (Å²) < 4.78 is 23.6. The average molecular weight is 492 g/mol. The number of nitrogens with zero attached hydrogens (tertiary/aromatic N) is 3. The molecule has 36 heavy (non-hydrogen) atoms. The van der Waals surface area contributed by atoms with Crippen LogP contribution in [0.3, 0.4) is 0 Å². The minimum atomic E-state index is -0.262. The summed E-state index contributed by atoms with van der Waals surface area (Å²) in [6.45, 7) is 1.09. The van der Waals surface area contributed by atoms with E-state index in [1.54, 1.807) is 45.7 Å². The number of aryl methyl sites for hydroxylation is 1. The summed E-state index contributed by atoms with van der Waals surface area (Å²) >= 11 is 0. The van der Waals surface area contributed by atoms with Gasteiger partial charge in [0.15, 0.2) is 0 Å². The fourth-order valence-corrected chi connectivity index (χ4v) is 3.61. The van der Waals surface area contributed by atoms with Gasteiger partial charge in [-0.25, -0.2) is 4.98 Å². The van der Waals surface area contributed by atoms with Gasteiger partial charge >= 0.3 is 0 Å². The van der Waals surface area contributed by atoms with E-state index >= 15 is 0 Å². The fourth-order valence-electron chi connectivity index (χ4n) is 3.61. The lowest BCUT2D eigenvalue weighted by atomic mass is 10.3. The molecule has 0 saturated heterocycles. The molecule has 2 heterocycles. The molecule has 2 N–H and O–H groups in total. The van der Waals surface area contributed by atoms with Crippen molar-refractivity contribution in [2.24, 2.45) is 7.05 Å². The smallest absolute Gasteiger partial charge is 0.270 e. The van der Waals surface area contributed by atoms with Crippen LogP contribution in [-0.2, 0) is 11.8 Å². The van der Waals surface area contributed by atoms with Crippen LogP contribution in [0.2, 0.25) is 0 Å². The first kappa shape index (κ1) is 24.8. The quantitative estimate of drug-likeness (QED) is 0.299. The Kier molecular flexibility index (Phi) is 7.86. The van der Waals surface area contributed by atoms with Gasteiger partial charge < -0.3 is 34.1 Å². The number of fused-ring (bicyclic) bond motifs is 1. The van der Waals surface area contributed by atoms with E-state index in [0.717, 1.165) is 23.1 Å². The molecule has 10 heteroatoms. The van der Waals surface area contributed by atoms with E-state index in [1.807, 2.05) is 41.9 Å². The molecule has 0 atom stereocenters. The van der Waals surface area contributed by atoms with Crippen molar-refractivity contribution in [3.8, 4) is 23.0 Å². The number of pyridine rings is 1. The van der Waals surface area contributed by atoms with Crippen LogP contribution in [-0.4, -0.2) is 54.9 Å². The lowest BCUT2D eigenvalue weighted by Gasteiger charge is -2.10.